The Labute approximate surface area is 225 Å². The van der Waals surface area contributed by atoms with Gasteiger partial charge in [-0.15, -0.1) is 0 Å². The van der Waals surface area contributed by atoms with E-state index in [4.69, 9.17) is 0 Å². The first-order valence-electron chi connectivity index (χ1n) is 13.0. The van der Waals surface area contributed by atoms with Crippen LogP contribution in [-0.2, 0) is 17.5 Å². The van der Waals surface area contributed by atoms with Crippen molar-refractivity contribution in [3.05, 3.63) is 76.2 Å². The summed E-state index contributed by atoms with van der Waals surface area (Å²) in [5, 5.41) is 13.5. The van der Waals surface area contributed by atoms with Crippen LogP contribution in [0.25, 0.3) is 22.3 Å². The molecule has 7 rings (SSSR count). The Morgan fingerprint density at radius 2 is 1.90 bits per heavy atom. The van der Waals surface area contributed by atoms with E-state index in [-0.39, 0.29) is 35.5 Å². The predicted molar refractivity (Wildman–Crippen MR) is 138 cm³/mol. The number of carbonyl (C=O) groups is 1. The van der Waals surface area contributed by atoms with Crippen molar-refractivity contribution < 1.29 is 27.5 Å². The molecule has 2 bridgehead atoms. The van der Waals surface area contributed by atoms with Crippen molar-refractivity contribution in [1.82, 2.24) is 19.5 Å². The van der Waals surface area contributed by atoms with Gasteiger partial charge in [0.2, 0.25) is 0 Å². The molecule has 3 aliphatic rings. The summed E-state index contributed by atoms with van der Waals surface area (Å²) in [7, 11) is 0. The Balaban J connectivity index is 1.46. The number of aromatic amines is 1. The van der Waals surface area contributed by atoms with E-state index < -0.39 is 41.0 Å². The van der Waals surface area contributed by atoms with Crippen LogP contribution in [0.4, 0.5) is 23.4 Å². The number of aromatic nitrogens is 4. The molecule has 3 fully saturated rings. The lowest BCUT2D eigenvalue weighted by atomic mass is 9.61. The molecule has 3 aliphatic carbocycles. The third kappa shape index (κ3) is 4.71. The summed E-state index contributed by atoms with van der Waals surface area (Å²) in [5.41, 5.74) is -0.128. The molecule has 0 spiro atoms. The number of fused-ring (bicyclic) bond motifs is 4. The van der Waals surface area contributed by atoms with E-state index in [1.54, 1.807) is 6.20 Å². The average Bonchev–Trinajstić information content (AvgIpc) is 3.34. The van der Waals surface area contributed by atoms with Gasteiger partial charge in [-0.05, 0) is 61.3 Å². The molecule has 0 saturated heterocycles. The van der Waals surface area contributed by atoms with Crippen molar-refractivity contribution in [2.24, 2.45) is 17.8 Å². The quantitative estimate of drug-likeness (QED) is 0.279. The van der Waals surface area contributed by atoms with Gasteiger partial charge in [0.05, 0.1) is 29.9 Å². The Bertz CT molecular complexity index is 1660. The summed E-state index contributed by atoms with van der Waals surface area (Å²) in [6.45, 7) is -0.193. The second-order valence-corrected chi connectivity index (χ2v) is 10.6. The third-order valence-corrected chi connectivity index (χ3v) is 8.16. The van der Waals surface area contributed by atoms with Crippen LogP contribution in [0.1, 0.15) is 36.8 Å². The summed E-state index contributed by atoms with van der Waals surface area (Å²) < 4.78 is 55.3. The zero-order valence-electron chi connectivity index (χ0n) is 21.1. The summed E-state index contributed by atoms with van der Waals surface area (Å²) in [6, 6.07) is 5.44. The lowest BCUT2D eigenvalue weighted by Gasteiger charge is -2.47. The molecule has 12 heteroatoms. The SMILES string of the molecule is O=C(O)[C@H]1C2CCC(CC2)[C@@H]1Nc1nc(-c2c[nH]c3ncc(F)cc23)cn(Cc2cccc(C(F)(F)F)c2)c1=O. The molecule has 0 aliphatic heterocycles. The van der Waals surface area contributed by atoms with E-state index in [0.29, 0.717) is 16.6 Å². The van der Waals surface area contributed by atoms with Crippen LogP contribution >= 0.6 is 0 Å². The van der Waals surface area contributed by atoms with Gasteiger partial charge in [0.25, 0.3) is 5.56 Å². The topological polar surface area (TPSA) is 113 Å². The molecule has 1 aromatic carbocycles. The van der Waals surface area contributed by atoms with Crippen LogP contribution in [0.15, 0.2) is 53.7 Å². The lowest BCUT2D eigenvalue weighted by molar-refractivity contribution is -0.148. The number of halogens is 4. The first kappa shape index (κ1) is 26.0. The number of alkyl halides is 3. The molecular weight excluding hydrogens is 530 g/mol. The minimum absolute atomic E-state index is 0.0156. The number of benzene rings is 1. The maximum atomic E-state index is 14.1. The lowest BCUT2D eigenvalue weighted by Crippen LogP contribution is -2.52. The van der Waals surface area contributed by atoms with Crippen molar-refractivity contribution in [3.8, 4) is 11.3 Å². The van der Waals surface area contributed by atoms with Crippen molar-refractivity contribution in [2.75, 3.05) is 5.32 Å². The first-order chi connectivity index (χ1) is 19.1. The number of carboxylic acid groups (broad SMARTS) is 1. The molecule has 4 aromatic rings. The zero-order chi connectivity index (χ0) is 28.2. The number of H-pyrrole nitrogens is 1. The van der Waals surface area contributed by atoms with E-state index >= 15 is 0 Å². The molecule has 3 N–H and O–H groups in total. The number of nitrogens with zero attached hydrogens (tertiary/aromatic N) is 3. The normalized spacial score (nSPS) is 22.5. The van der Waals surface area contributed by atoms with E-state index in [2.05, 4.69) is 20.3 Å². The molecule has 40 heavy (non-hydrogen) atoms. The molecule has 0 amide bonds. The number of rotatable bonds is 6. The second kappa shape index (κ2) is 9.76. The summed E-state index contributed by atoms with van der Waals surface area (Å²) in [4.78, 5) is 37.3. The highest BCUT2D eigenvalue weighted by molar-refractivity contribution is 5.92. The number of pyridine rings is 1. The van der Waals surface area contributed by atoms with Gasteiger partial charge in [-0.2, -0.15) is 13.2 Å². The highest BCUT2D eigenvalue weighted by atomic mass is 19.4. The number of carboxylic acids is 1. The maximum Gasteiger partial charge on any atom is 0.416 e. The molecule has 0 unspecified atom stereocenters. The van der Waals surface area contributed by atoms with Crippen molar-refractivity contribution in [2.45, 2.75) is 44.4 Å². The molecule has 3 saturated carbocycles. The predicted octanol–water partition coefficient (Wildman–Crippen LogP) is 5.29. The van der Waals surface area contributed by atoms with Gasteiger partial charge in [-0.3, -0.25) is 9.59 Å². The summed E-state index contributed by atoms with van der Waals surface area (Å²) in [6.07, 6.45) is 2.75. The fourth-order valence-corrected chi connectivity index (χ4v) is 6.28. The summed E-state index contributed by atoms with van der Waals surface area (Å²) in [5.74, 6) is -2.29. The molecular formula is C28H25F4N5O3. The van der Waals surface area contributed by atoms with Gasteiger partial charge in [-0.25, -0.2) is 14.4 Å². The molecule has 8 nitrogen and oxygen atoms in total. The van der Waals surface area contributed by atoms with Crippen LogP contribution in [0.3, 0.4) is 0 Å². The number of aliphatic carboxylic acids is 1. The number of hydrogen-bond acceptors (Lipinski definition) is 5. The van der Waals surface area contributed by atoms with E-state index in [1.165, 1.54) is 29.0 Å². The highest BCUT2D eigenvalue weighted by Crippen LogP contribution is 2.46. The van der Waals surface area contributed by atoms with Gasteiger partial charge in [0, 0.05) is 29.4 Å². The van der Waals surface area contributed by atoms with Gasteiger partial charge < -0.3 is 20.0 Å². The second-order valence-electron chi connectivity index (χ2n) is 10.6. The van der Waals surface area contributed by atoms with Crippen molar-refractivity contribution in [3.63, 3.8) is 0 Å². The molecule has 2 atom stereocenters. The van der Waals surface area contributed by atoms with Crippen LogP contribution < -0.4 is 10.9 Å². The monoisotopic (exact) mass is 555 g/mol. The van der Waals surface area contributed by atoms with Crippen molar-refractivity contribution in [1.29, 1.82) is 0 Å². The molecule has 3 aromatic heterocycles. The first-order valence-corrected chi connectivity index (χ1v) is 13.0. The molecule has 3 heterocycles. The largest absolute Gasteiger partial charge is 0.481 e. The van der Waals surface area contributed by atoms with Crippen LogP contribution in [0.2, 0.25) is 0 Å². The average molecular weight is 556 g/mol. The van der Waals surface area contributed by atoms with E-state index in [9.17, 15) is 32.3 Å². The third-order valence-electron chi connectivity index (χ3n) is 8.16. The van der Waals surface area contributed by atoms with Crippen LogP contribution in [0, 0.1) is 23.6 Å². The Kier molecular flexibility index (Phi) is 6.35. The fourth-order valence-electron chi connectivity index (χ4n) is 6.28. The highest BCUT2D eigenvalue weighted by Gasteiger charge is 2.47. The molecule has 208 valence electrons. The number of nitrogens with one attached hydrogen (secondary N) is 2. The Morgan fingerprint density at radius 3 is 2.62 bits per heavy atom. The Morgan fingerprint density at radius 1 is 1.15 bits per heavy atom. The van der Waals surface area contributed by atoms with Gasteiger partial charge in [0.1, 0.15) is 11.5 Å². The van der Waals surface area contributed by atoms with E-state index in [0.717, 1.165) is 44.0 Å². The van der Waals surface area contributed by atoms with E-state index in [1.807, 2.05) is 0 Å². The number of hydrogen-bond donors (Lipinski definition) is 3. The van der Waals surface area contributed by atoms with Gasteiger partial charge >= 0.3 is 12.1 Å². The molecule has 0 radical (unpaired) electrons. The fraction of sp³-hybridized carbons (Fsp3) is 0.357. The minimum atomic E-state index is -4.55. The van der Waals surface area contributed by atoms with Crippen molar-refractivity contribution >= 4 is 22.8 Å². The number of anilines is 1. The van der Waals surface area contributed by atoms with Gasteiger partial charge in [-0.1, -0.05) is 12.1 Å². The minimum Gasteiger partial charge on any atom is -0.481 e. The maximum absolute atomic E-state index is 14.1. The summed E-state index contributed by atoms with van der Waals surface area (Å²) >= 11 is 0. The smallest absolute Gasteiger partial charge is 0.416 e. The standard InChI is InChI=1S/C28H25F4N5O3/c29-18-9-19-20(11-34-24(19)33-10-18)21-13-37(12-14-2-1-3-17(8-14)28(30,31)32)26(38)25(35-21)36-23-16-6-4-15(5-7-16)22(23)27(39)40/h1-3,8-11,13,15-16,22-23H,4-7,12H2,(H,33,34)(H,35,36)(H,39,40)/t15?,16?,22-,23-/m0/s1. The van der Waals surface area contributed by atoms with Crippen LogP contribution in [0.5, 0.6) is 0 Å². The Hall–Kier alpha value is -4.22. The van der Waals surface area contributed by atoms with Crippen LogP contribution in [-0.4, -0.2) is 36.6 Å². The zero-order valence-corrected chi connectivity index (χ0v) is 21.1. The van der Waals surface area contributed by atoms with Gasteiger partial charge in [0.15, 0.2) is 5.82 Å².